The van der Waals surface area contributed by atoms with Crippen molar-refractivity contribution < 1.29 is 4.39 Å². The van der Waals surface area contributed by atoms with Gasteiger partial charge in [0.2, 0.25) is 0 Å². The Hall–Kier alpha value is -2.68. The molecular weight excluding hydrogens is 249 g/mol. The van der Waals surface area contributed by atoms with Crippen molar-refractivity contribution in [1.29, 1.82) is 5.26 Å². The van der Waals surface area contributed by atoms with Gasteiger partial charge >= 0.3 is 5.69 Å². The van der Waals surface area contributed by atoms with E-state index in [1.54, 1.807) is 6.92 Å². The molecule has 2 aromatic rings. The minimum Gasteiger partial charge on any atom is -0.296 e. The summed E-state index contributed by atoms with van der Waals surface area (Å²) in [5.74, 6) is -0.539. The van der Waals surface area contributed by atoms with Gasteiger partial charge in [-0.15, -0.1) is 0 Å². The molecule has 5 nitrogen and oxygen atoms in total. The zero-order chi connectivity index (χ0) is 14.0. The molecule has 0 saturated heterocycles. The molecule has 0 amide bonds. The maximum atomic E-state index is 13.3. The van der Waals surface area contributed by atoms with E-state index in [1.165, 1.54) is 22.9 Å². The summed E-state index contributed by atoms with van der Waals surface area (Å²) >= 11 is 0. The number of aromatic amines is 1. The molecule has 0 aliphatic heterocycles. The van der Waals surface area contributed by atoms with E-state index in [9.17, 15) is 14.0 Å². The highest BCUT2D eigenvalue weighted by Crippen LogP contribution is 2.09. The Bertz CT molecular complexity index is 784. The van der Waals surface area contributed by atoms with E-state index in [4.69, 9.17) is 5.26 Å². The predicted molar refractivity (Wildman–Crippen MR) is 66.3 cm³/mol. The van der Waals surface area contributed by atoms with Crippen molar-refractivity contribution in [1.82, 2.24) is 9.55 Å². The summed E-state index contributed by atoms with van der Waals surface area (Å²) in [4.78, 5) is 25.0. The average Bonchev–Trinajstić information content (AvgIpc) is 2.35. The molecule has 1 aromatic carbocycles. The second kappa shape index (κ2) is 4.90. The number of nitrogens with one attached hydrogen (secondary N) is 1. The van der Waals surface area contributed by atoms with Gasteiger partial charge in [0.15, 0.2) is 0 Å². The third kappa shape index (κ3) is 2.77. The van der Waals surface area contributed by atoms with Gasteiger partial charge in [0.25, 0.3) is 5.56 Å². The Kier molecular flexibility index (Phi) is 3.29. The summed E-state index contributed by atoms with van der Waals surface area (Å²) in [6.07, 6.45) is 1.40. The second-order valence-corrected chi connectivity index (χ2v) is 4.16. The number of H-pyrrole nitrogens is 1. The van der Waals surface area contributed by atoms with Crippen molar-refractivity contribution in [3.05, 3.63) is 67.7 Å². The van der Waals surface area contributed by atoms with Crippen molar-refractivity contribution in [3.8, 4) is 6.07 Å². The number of halogens is 1. The first-order chi connectivity index (χ1) is 8.99. The lowest BCUT2D eigenvalue weighted by Gasteiger charge is -2.06. The van der Waals surface area contributed by atoms with Gasteiger partial charge in [-0.25, -0.2) is 9.18 Å². The van der Waals surface area contributed by atoms with Crippen LogP contribution in [0.1, 0.15) is 16.7 Å². The highest BCUT2D eigenvalue weighted by Gasteiger charge is 2.05. The van der Waals surface area contributed by atoms with E-state index in [2.05, 4.69) is 4.98 Å². The Morgan fingerprint density at radius 3 is 2.79 bits per heavy atom. The number of nitriles is 1. The lowest BCUT2D eigenvalue weighted by atomic mass is 10.1. The predicted octanol–water partition coefficient (Wildman–Crippen LogP) is 0.904. The number of rotatable bonds is 2. The molecule has 96 valence electrons. The minimum absolute atomic E-state index is 0.0862. The molecule has 0 fully saturated rings. The smallest absolute Gasteiger partial charge is 0.296 e. The SMILES string of the molecule is Cc1cn(Cc2cc(F)cc(C#N)c2)c(=O)[nH]c1=O. The molecule has 0 atom stereocenters. The zero-order valence-electron chi connectivity index (χ0n) is 10.1. The van der Waals surface area contributed by atoms with Crippen molar-refractivity contribution in [2.24, 2.45) is 0 Å². The molecule has 0 unspecified atom stereocenters. The summed E-state index contributed by atoms with van der Waals surface area (Å²) in [5, 5.41) is 8.75. The molecule has 0 bridgehead atoms. The number of aromatic nitrogens is 2. The van der Waals surface area contributed by atoms with E-state index in [-0.39, 0.29) is 12.1 Å². The van der Waals surface area contributed by atoms with Crippen molar-refractivity contribution in [2.45, 2.75) is 13.5 Å². The molecule has 1 aromatic heterocycles. The molecule has 1 heterocycles. The van der Waals surface area contributed by atoms with Gasteiger partial charge in [-0.1, -0.05) is 0 Å². The summed E-state index contributed by atoms with van der Waals surface area (Å²) in [6, 6.07) is 5.70. The first-order valence-electron chi connectivity index (χ1n) is 5.49. The first-order valence-corrected chi connectivity index (χ1v) is 5.49. The Morgan fingerprint density at radius 2 is 2.11 bits per heavy atom. The van der Waals surface area contributed by atoms with Gasteiger partial charge in [0.05, 0.1) is 18.2 Å². The van der Waals surface area contributed by atoms with Crippen molar-refractivity contribution in [2.75, 3.05) is 0 Å². The normalized spacial score (nSPS) is 10.2. The Morgan fingerprint density at radius 1 is 1.37 bits per heavy atom. The molecule has 0 saturated carbocycles. The molecule has 0 spiro atoms. The van der Waals surface area contributed by atoms with E-state index in [0.29, 0.717) is 11.1 Å². The van der Waals surface area contributed by atoms with E-state index >= 15 is 0 Å². The van der Waals surface area contributed by atoms with Gasteiger partial charge < -0.3 is 0 Å². The molecule has 6 heteroatoms. The van der Waals surface area contributed by atoms with Crippen molar-refractivity contribution in [3.63, 3.8) is 0 Å². The molecule has 1 N–H and O–H groups in total. The summed E-state index contributed by atoms with van der Waals surface area (Å²) in [5.41, 5.74) is 0.0300. The molecule has 2 rings (SSSR count). The van der Waals surface area contributed by atoms with Crippen molar-refractivity contribution >= 4 is 0 Å². The lowest BCUT2D eigenvalue weighted by molar-refractivity contribution is 0.621. The van der Waals surface area contributed by atoms with Gasteiger partial charge in [0.1, 0.15) is 5.82 Å². The lowest BCUT2D eigenvalue weighted by Crippen LogP contribution is -2.31. The van der Waals surface area contributed by atoms with Crippen LogP contribution >= 0.6 is 0 Å². The summed E-state index contributed by atoms with van der Waals surface area (Å²) in [7, 11) is 0. The van der Waals surface area contributed by atoms with Crippen LogP contribution in [-0.2, 0) is 6.54 Å². The maximum absolute atomic E-state index is 13.3. The molecule has 0 aliphatic carbocycles. The number of nitrogens with zero attached hydrogens (tertiary/aromatic N) is 2. The van der Waals surface area contributed by atoms with Crippen LogP contribution in [0.15, 0.2) is 34.0 Å². The zero-order valence-corrected chi connectivity index (χ0v) is 10.1. The van der Waals surface area contributed by atoms with Crippen LogP contribution in [0.4, 0.5) is 4.39 Å². The number of benzene rings is 1. The summed E-state index contributed by atoms with van der Waals surface area (Å²) < 4.78 is 14.5. The Balaban J connectivity index is 2.45. The standard InChI is InChI=1S/C13H10FN3O2/c1-8-6-17(13(19)16-12(8)18)7-10-2-9(5-15)3-11(14)4-10/h2-4,6H,7H2,1H3,(H,16,18,19). The number of hydrogen-bond acceptors (Lipinski definition) is 3. The highest BCUT2D eigenvalue weighted by molar-refractivity contribution is 5.33. The molecule has 0 radical (unpaired) electrons. The van der Waals surface area contributed by atoms with E-state index in [0.717, 1.165) is 6.07 Å². The van der Waals surface area contributed by atoms with E-state index < -0.39 is 17.1 Å². The quantitative estimate of drug-likeness (QED) is 0.870. The van der Waals surface area contributed by atoms with Crippen LogP contribution < -0.4 is 11.2 Å². The topological polar surface area (TPSA) is 78.7 Å². The second-order valence-electron chi connectivity index (χ2n) is 4.16. The third-order valence-electron chi connectivity index (χ3n) is 2.63. The van der Waals surface area contributed by atoms with Crippen LogP contribution in [0.3, 0.4) is 0 Å². The minimum atomic E-state index is -0.571. The Labute approximate surface area is 107 Å². The largest absolute Gasteiger partial charge is 0.328 e. The van der Waals surface area contributed by atoms with Crippen LogP contribution in [0.25, 0.3) is 0 Å². The third-order valence-corrected chi connectivity index (χ3v) is 2.63. The fourth-order valence-corrected chi connectivity index (χ4v) is 1.74. The number of hydrogen-bond donors (Lipinski definition) is 1. The molecule has 0 aliphatic rings. The van der Waals surface area contributed by atoms with Gasteiger partial charge in [0, 0.05) is 11.8 Å². The monoisotopic (exact) mass is 259 g/mol. The first kappa shape index (κ1) is 12.8. The highest BCUT2D eigenvalue weighted by atomic mass is 19.1. The molecule has 19 heavy (non-hydrogen) atoms. The fourth-order valence-electron chi connectivity index (χ4n) is 1.74. The molecular formula is C13H10FN3O2. The maximum Gasteiger partial charge on any atom is 0.328 e. The summed E-state index contributed by atoms with van der Waals surface area (Å²) in [6.45, 7) is 1.66. The van der Waals surface area contributed by atoms with E-state index in [1.807, 2.05) is 6.07 Å². The van der Waals surface area contributed by atoms with Gasteiger partial charge in [-0.05, 0) is 30.7 Å². The van der Waals surface area contributed by atoms with Crippen LogP contribution in [0.5, 0.6) is 0 Å². The average molecular weight is 259 g/mol. The van der Waals surface area contributed by atoms with Gasteiger partial charge in [-0.3, -0.25) is 14.3 Å². The number of aryl methyl sites for hydroxylation is 1. The van der Waals surface area contributed by atoms with Crippen LogP contribution in [0.2, 0.25) is 0 Å². The van der Waals surface area contributed by atoms with Crippen LogP contribution in [-0.4, -0.2) is 9.55 Å². The van der Waals surface area contributed by atoms with Gasteiger partial charge in [-0.2, -0.15) is 5.26 Å². The van der Waals surface area contributed by atoms with Crippen LogP contribution in [0, 0.1) is 24.1 Å². The fraction of sp³-hybridized carbons (Fsp3) is 0.154.